The van der Waals surface area contributed by atoms with E-state index in [1.165, 1.54) is 0 Å². The van der Waals surface area contributed by atoms with Crippen LogP contribution in [0.2, 0.25) is 0 Å². The molecule has 0 atom stereocenters. The Morgan fingerprint density at radius 2 is 2.28 bits per heavy atom. The third kappa shape index (κ3) is 2.49. The molecule has 1 saturated heterocycles. The summed E-state index contributed by atoms with van der Waals surface area (Å²) in [6.07, 6.45) is 2.35. The van der Waals surface area contributed by atoms with Crippen molar-refractivity contribution in [1.82, 2.24) is 15.0 Å². The molecule has 0 aromatic carbocycles. The first-order valence-electron chi connectivity index (χ1n) is 6.04. The molecule has 18 heavy (non-hydrogen) atoms. The SMILES string of the molecule is O=C(CCl)N1CC(OCc2nc(C3CC3)no2)C1. The number of hydrogen-bond donors (Lipinski definition) is 0. The zero-order chi connectivity index (χ0) is 12.5. The third-order valence-electron chi connectivity index (χ3n) is 3.18. The van der Waals surface area contributed by atoms with Crippen LogP contribution in [0.3, 0.4) is 0 Å². The molecule has 2 heterocycles. The maximum Gasteiger partial charge on any atom is 0.252 e. The Kier molecular flexibility index (Phi) is 3.22. The van der Waals surface area contributed by atoms with E-state index < -0.39 is 0 Å². The zero-order valence-corrected chi connectivity index (χ0v) is 10.6. The molecule has 98 valence electrons. The molecule has 0 spiro atoms. The summed E-state index contributed by atoms with van der Waals surface area (Å²) in [5, 5.41) is 3.91. The van der Waals surface area contributed by atoms with E-state index in [0.717, 1.165) is 18.7 Å². The number of ether oxygens (including phenoxy) is 1. The van der Waals surface area contributed by atoms with E-state index in [-0.39, 0.29) is 17.9 Å². The number of amides is 1. The molecule has 0 bridgehead atoms. The Labute approximate surface area is 109 Å². The first-order chi connectivity index (χ1) is 8.76. The van der Waals surface area contributed by atoms with Gasteiger partial charge < -0.3 is 14.2 Å². The third-order valence-corrected chi connectivity index (χ3v) is 3.41. The molecule has 1 amide bonds. The topological polar surface area (TPSA) is 68.5 Å². The van der Waals surface area contributed by atoms with E-state index in [0.29, 0.717) is 31.5 Å². The van der Waals surface area contributed by atoms with E-state index in [2.05, 4.69) is 10.1 Å². The van der Waals surface area contributed by atoms with Gasteiger partial charge in [0.15, 0.2) is 5.82 Å². The summed E-state index contributed by atoms with van der Waals surface area (Å²) >= 11 is 5.45. The van der Waals surface area contributed by atoms with Crippen LogP contribution in [0.25, 0.3) is 0 Å². The summed E-state index contributed by atoms with van der Waals surface area (Å²) in [4.78, 5) is 17.1. The van der Waals surface area contributed by atoms with Crippen LogP contribution in [0.4, 0.5) is 0 Å². The molecule has 1 saturated carbocycles. The molecule has 0 N–H and O–H groups in total. The van der Waals surface area contributed by atoms with Crippen molar-refractivity contribution in [2.75, 3.05) is 19.0 Å². The van der Waals surface area contributed by atoms with E-state index in [9.17, 15) is 4.79 Å². The van der Waals surface area contributed by atoms with Gasteiger partial charge in [0, 0.05) is 19.0 Å². The monoisotopic (exact) mass is 271 g/mol. The minimum Gasteiger partial charge on any atom is -0.365 e. The fourth-order valence-corrected chi connectivity index (χ4v) is 2.02. The first-order valence-corrected chi connectivity index (χ1v) is 6.57. The number of halogens is 1. The van der Waals surface area contributed by atoms with E-state index >= 15 is 0 Å². The van der Waals surface area contributed by atoms with Crippen molar-refractivity contribution in [2.24, 2.45) is 0 Å². The van der Waals surface area contributed by atoms with Crippen molar-refractivity contribution in [2.45, 2.75) is 31.5 Å². The van der Waals surface area contributed by atoms with Crippen LogP contribution >= 0.6 is 11.6 Å². The number of nitrogens with zero attached hydrogens (tertiary/aromatic N) is 3. The van der Waals surface area contributed by atoms with E-state index in [4.69, 9.17) is 20.9 Å². The minimum atomic E-state index is -0.0506. The zero-order valence-electron chi connectivity index (χ0n) is 9.84. The standard InChI is InChI=1S/C11H14ClN3O3/c12-3-10(16)15-4-8(5-15)17-6-9-13-11(14-18-9)7-1-2-7/h7-8H,1-6H2. The summed E-state index contributed by atoms with van der Waals surface area (Å²) in [6, 6.07) is 0. The van der Waals surface area contributed by atoms with Crippen molar-refractivity contribution in [3.05, 3.63) is 11.7 Å². The number of carbonyl (C=O) groups is 1. The van der Waals surface area contributed by atoms with Crippen LogP contribution in [0.5, 0.6) is 0 Å². The maximum atomic E-state index is 11.2. The smallest absolute Gasteiger partial charge is 0.252 e. The number of aromatic nitrogens is 2. The summed E-state index contributed by atoms with van der Waals surface area (Å²) < 4.78 is 10.7. The number of rotatable bonds is 5. The average molecular weight is 272 g/mol. The quantitative estimate of drug-likeness (QED) is 0.745. The van der Waals surface area contributed by atoms with Gasteiger partial charge in [0.1, 0.15) is 12.5 Å². The van der Waals surface area contributed by atoms with Crippen molar-refractivity contribution in [3.8, 4) is 0 Å². The molecule has 2 aliphatic rings. The second-order valence-electron chi connectivity index (χ2n) is 4.69. The van der Waals surface area contributed by atoms with Gasteiger partial charge in [-0.05, 0) is 12.8 Å². The van der Waals surface area contributed by atoms with Gasteiger partial charge in [0.25, 0.3) is 5.89 Å². The molecular formula is C11H14ClN3O3. The fourth-order valence-electron chi connectivity index (χ4n) is 1.85. The largest absolute Gasteiger partial charge is 0.365 e. The Bertz CT molecular complexity index is 440. The summed E-state index contributed by atoms with van der Waals surface area (Å²) in [5.41, 5.74) is 0. The molecule has 1 aliphatic carbocycles. The lowest BCUT2D eigenvalue weighted by Gasteiger charge is -2.38. The lowest BCUT2D eigenvalue weighted by molar-refractivity contribution is -0.143. The summed E-state index contributed by atoms with van der Waals surface area (Å²) in [7, 11) is 0. The number of alkyl halides is 1. The van der Waals surface area contributed by atoms with Crippen LogP contribution in [-0.2, 0) is 16.1 Å². The first kappa shape index (κ1) is 11.9. The van der Waals surface area contributed by atoms with Gasteiger partial charge in [-0.15, -0.1) is 11.6 Å². The predicted octanol–water partition coefficient (Wildman–Crippen LogP) is 0.913. The second-order valence-corrected chi connectivity index (χ2v) is 4.95. The Morgan fingerprint density at radius 1 is 1.50 bits per heavy atom. The molecule has 3 rings (SSSR count). The molecule has 6 nitrogen and oxygen atoms in total. The second kappa shape index (κ2) is 4.85. The van der Waals surface area contributed by atoms with Crippen molar-refractivity contribution in [3.63, 3.8) is 0 Å². The molecule has 1 aromatic heterocycles. The fraction of sp³-hybridized carbons (Fsp3) is 0.727. The highest BCUT2D eigenvalue weighted by Crippen LogP contribution is 2.38. The van der Waals surface area contributed by atoms with Crippen LogP contribution in [0, 0.1) is 0 Å². The highest BCUT2D eigenvalue weighted by molar-refractivity contribution is 6.27. The molecular weight excluding hydrogens is 258 g/mol. The average Bonchev–Trinajstić information content (AvgIpc) is 3.07. The molecule has 0 unspecified atom stereocenters. The molecule has 2 fully saturated rings. The Morgan fingerprint density at radius 3 is 2.94 bits per heavy atom. The van der Waals surface area contributed by atoms with Gasteiger partial charge >= 0.3 is 0 Å². The summed E-state index contributed by atoms with van der Waals surface area (Å²) in [6.45, 7) is 1.50. The van der Waals surface area contributed by atoms with Crippen LogP contribution < -0.4 is 0 Å². The van der Waals surface area contributed by atoms with Gasteiger partial charge in [0.05, 0.1) is 6.10 Å². The normalized spacial score (nSPS) is 19.9. The van der Waals surface area contributed by atoms with E-state index in [1.807, 2.05) is 0 Å². The molecule has 1 aliphatic heterocycles. The van der Waals surface area contributed by atoms with Crippen LogP contribution in [0.15, 0.2) is 4.52 Å². The van der Waals surface area contributed by atoms with Crippen LogP contribution in [-0.4, -0.2) is 46.0 Å². The predicted molar refractivity (Wildman–Crippen MR) is 62.2 cm³/mol. The number of likely N-dealkylation sites (tertiary alicyclic amines) is 1. The van der Waals surface area contributed by atoms with E-state index in [1.54, 1.807) is 4.90 Å². The Balaban J connectivity index is 1.41. The Hall–Kier alpha value is -1.14. The number of carbonyl (C=O) groups excluding carboxylic acids is 1. The van der Waals surface area contributed by atoms with Gasteiger partial charge in [0.2, 0.25) is 5.91 Å². The van der Waals surface area contributed by atoms with Crippen LogP contribution in [0.1, 0.15) is 30.5 Å². The molecule has 7 heteroatoms. The van der Waals surface area contributed by atoms with Crippen molar-refractivity contribution in [1.29, 1.82) is 0 Å². The molecule has 1 aromatic rings. The van der Waals surface area contributed by atoms with Gasteiger partial charge in [-0.3, -0.25) is 4.79 Å². The lowest BCUT2D eigenvalue weighted by Crippen LogP contribution is -2.55. The number of hydrogen-bond acceptors (Lipinski definition) is 5. The van der Waals surface area contributed by atoms with Crippen molar-refractivity contribution < 1.29 is 14.1 Å². The highest BCUT2D eigenvalue weighted by atomic mass is 35.5. The van der Waals surface area contributed by atoms with Gasteiger partial charge in [-0.2, -0.15) is 4.98 Å². The highest BCUT2D eigenvalue weighted by Gasteiger charge is 2.32. The summed E-state index contributed by atoms with van der Waals surface area (Å²) in [5.74, 6) is 1.77. The lowest BCUT2D eigenvalue weighted by atomic mass is 10.2. The molecule has 0 radical (unpaired) electrons. The van der Waals surface area contributed by atoms with Crippen molar-refractivity contribution >= 4 is 17.5 Å². The van der Waals surface area contributed by atoms with Gasteiger partial charge in [-0.25, -0.2) is 0 Å². The minimum absolute atomic E-state index is 0.0289. The maximum absolute atomic E-state index is 11.2. The van der Waals surface area contributed by atoms with Gasteiger partial charge in [-0.1, -0.05) is 5.16 Å².